The van der Waals surface area contributed by atoms with E-state index in [0.29, 0.717) is 12.1 Å². The first-order chi connectivity index (χ1) is 8.35. The summed E-state index contributed by atoms with van der Waals surface area (Å²) in [5.74, 6) is 0.977. The molecule has 96 valence electrons. The Morgan fingerprint density at radius 3 is 2.53 bits per heavy atom. The molecule has 4 rings (SSSR count). The molecule has 4 aliphatic rings. The fraction of sp³-hybridized carbons (Fsp3) is 0.917. The summed E-state index contributed by atoms with van der Waals surface area (Å²) in [4.78, 5) is 9.46. The average molecular weight is 237 g/mol. The van der Waals surface area contributed by atoms with Crippen molar-refractivity contribution in [3.8, 4) is 0 Å². The standard InChI is InChI=1S/C12H23N5/c1-13-12(15-10-2-3-10)14-8-11-9-16-4-6-17(11)7-5-16/h10-11H,2-9H2,1H3,(H2,13,14,15). The maximum atomic E-state index is 4.28. The summed E-state index contributed by atoms with van der Waals surface area (Å²) in [6, 6.07) is 1.34. The highest BCUT2D eigenvalue weighted by Gasteiger charge is 2.31. The monoisotopic (exact) mass is 237 g/mol. The van der Waals surface area contributed by atoms with E-state index in [2.05, 4.69) is 25.4 Å². The van der Waals surface area contributed by atoms with E-state index in [-0.39, 0.29) is 0 Å². The van der Waals surface area contributed by atoms with E-state index in [9.17, 15) is 0 Å². The molecule has 0 aromatic heterocycles. The molecule has 3 heterocycles. The van der Waals surface area contributed by atoms with E-state index in [1.165, 1.54) is 45.6 Å². The lowest BCUT2D eigenvalue weighted by Crippen LogP contribution is -2.63. The van der Waals surface area contributed by atoms with Gasteiger partial charge in [0.15, 0.2) is 5.96 Å². The number of rotatable bonds is 3. The molecule has 1 saturated carbocycles. The molecule has 17 heavy (non-hydrogen) atoms. The summed E-state index contributed by atoms with van der Waals surface area (Å²) in [5.41, 5.74) is 0. The van der Waals surface area contributed by atoms with Crippen LogP contribution in [-0.4, -0.2) is 74.2 Å². The van der Waals surface area contributed by atoms with Gasteiger partial charge in [-0.2, -0.15) is 0 Å². The Morgan fingerprint density at radius 1 is 1.24 bits per heavy atom. The molecule has 3 saturated heterocycles. The molecule has 1 atom stereocenters. The lowest BCUT2D eigenvalue weighted by atomic mass is 10.1. The first-order valence-corrected chi connectivity index (χ1v) is 6.79. The zero-order valence-corrected chi connectivity index (χ0v) is 10.7. The highest BCUT2D eigenvalue weighted by atomic mass is 15.4. The Morgan fingerprint density at radius 2 is 2.00 bits per heavy atom. The molecule has 4 fully saturated rings. The van der Waals surface area contributed by atoms with Crippen LogP contribution in [0.3, 0.4) is 0 Å². The molecule has 1 aliphatic carbocycles. The van der Waals surface area contributed by atoms with Gasteiger partial charge in [-0.25, -0.2) is 0 Å². The predicted molar refractivity (Wildman–Crippen MR) is 69.3 cm³/mol. The van der Waals surface area contributed by atoms with Crippen molar-refractivity contribution < 1.29 is 0 Å². The van der Waals surface area contributed by atoms with Gasteiger partial charge in [0.25, 0.3) is 0 Å². The third-order valence-electron chi connectivity index (χ3n) is 4.04. The fourth-order valence-corrected chi connectivity index (χ4v) is 2.75. The Kier molecular flexibility index (Phi) is 3.20. The molecule has 0 aromatic rings. The molecule has 3 aliphatic heterocycles. The van der Waals surface area contributed by atoms with Crippen LogP contribution in [0, 0.1) is 0 Å². The first-order valence-electron chi connectivity index (χ1n) is 6.79. The molecular formula is C12H23N5. The smallest absolute Gasteiger partial charge is 0.191 e. The Hall–Kier alpha value is -0.810. The Balaban J connectivity index is 1.46. The number of aliphatic imine (C=N–C) groups is 1. The van der Waals surface area contributed by atoms with E-state index >= 15 is 0 Å². The lowest BCUT2D eigenvalue weighted by Gasteiger charge is -2.47. The second-order valence-electron chi connectivity index (χ2n) is 5.36. The molecule has 0 amide bonds. The second kappa shape index (κ2) is 4.82. The molecule has 1 unspecified atom stereocenters. The Labute approximate surface area is 103 Å². The highest BCUT2D eigenvalue weighted by molar-refractivity contribution is 5.80. The molecule has 2 bridgehead atoms. The molecule has 0 aromatic carbocycles. The second-order valence-corrected chi connectivity index (χ2v) is 5.36. The quantitative estimate of drug-likeness (QED) is 0.504. The summed E-state index contributed by atoms with van der Waals surface area (Å²) in [5, 5.41) is 6.90. The number of fused-ring (bicyclic) bond motifs is 3. The maximum Gasteiger partial charge on any atom is 0.191 e. The zero-order chi connectivity index (χ0) is 11.7. The van der Waals surface area contributed by atoms with Gasteiger partial charge in [-0.3, -0.25) is 14.8 Å². The van der Waals surface area contributed by atoms with Gasteiger partial charge in [-0.05, 0) is 12.8 Å². The van der Waals surface area contributed by atoms with Crippen LogP contribution in [0.4, 0.5) is 0 Å². The lowest BCUT2D eigenvalue weighted by molar-refractivity contribution is 0.0154. The number of piperazine rings is 3. The van der Waals surface area contributed by atoms with Crippen molar-refractivity contribution in [3.63, 3.8) is 0 Å². The van der Waals surface area contributed by atoms with Crippen LogP contribution in [0.1, 0.15) is 12.8 Å². The first kappa shape index (κ1) is 11.3. The van der Waals surface area contributed by atoms with E-state index < -0.39 is 0 Å². The van der Waals surface area contributed by atoms with Crippen LogP contribution in [0.25, 0.3) is 0 Å². The van der Waals surface area contributed by atoms with E-state index in [4.69, 9.17) is 0 Å². The van der Waals surface area contributed by atoms with Crippen LogP contribution >= 0.6 is 0 Å². The van der Waals surface area contributed by atoms with E-state index in [0.717, 1.165) is 12.5 Å². The van der Waals surface area contributed by atoms with Crippen molar-refractivity contribution in [2.24, 2.45) is 4.99 Å². The van der Waals surface area contributed by atoms with Gasteiger partial charge in [0.1, 0.15) is 0 Å². The largest absolute Gasteiger partial charge is 0.355 e. The van der Waals surface area contributed by atoms with Gasteiger partial charge in [-0.15, -0.1) is 0 Å². The van der Waals surface area contributed by atoms with Gasteiger partial charge in [0, 0.05) is 58.4 Å². The van der Waals surface area contributed by atoms with E-state index in [1.54, 1.807) is 0 Å². The van der Waals surface area contributed by atoms with Crippen molar-refractivity contribution in [2.45, 2.75) is 24.9 Å². The highest BCUT2D eigenvalue weighted by Crippen LogP contribution is 2.18. The zero-order valence-electron chi connectivity index (χ0n) is 10.7. The summed E-state index contributed by atoms with van der Waals surface area (Å²) < 4.78 is 0. The molecule has 2 N–H and O–H groups in total. The van der Waals surface area contributed by atoms with Crippen molar-refractivity contribution >= 4 is 5.96 Å². The minimum absolute atomic E-state index is 0.662. The number of guanidine groups is 1. The molecular weight excluding hydrogens is 214 g/mol. The summed E-state index contributed by atoms with van der Waals surface area (Å²) in [6.07, 6.45) is 2.59. The number of nitrogens with one attached hydrogen (secondary N) is 2. The summed E-state index contributed by atoms with van der Waals surface area (Å²) in [7, 11) is 1.86. The third kappa shape index (κ3) is 2.72. The normalized spacial score (nSPS) is 37.0. The van der Waals surface area contributed by atoms with Gasteiger partial charge in [0.05, 0.1) is 0 Å². The van der Waals surface area contributed by atoms with Crippen molar-refractivity contribution in [1.82, 2.24) is 20.4 Å². The van der Waals surface area contributed by atoms with Gasteiger partial charge < -0.3 is 10.6 Å². The number of hydrogen-bond acceptors (Lipinski definition) is 3. The van der Waals surface area contributed by atoms with Crippen LogP contribution in [0.15, 0.2) is 4.99 Å². The summed E-state index contributed by atoms with van der Waals surface area (Å²) in [6.45, 7) is 7.22. The minimum Gasteiger partial charge on any atom is -0.355 e. The van der Waals surface area contributed by atoms with Crippen LogP contribution < -0.4 is 10.6 Å². The molecule has 5 heteroatoms. The van der Waals surface area contributed by atoms with Gasteiger partial charge in [-0.1, -0.05) is 0 Å². The van der Waals surface area contributed by atoms with Crippen molar-refractivity contribution in [2.75, 3.05) is 46.3 Å². The van der Waals surface area contributed by atoms with Crippen LogP contribution in [0.2, 0.25) is 0 Å². The van der Waals surface area contributed by atoms with Crippen molar-refractivity contribution in [3.05, 3.63) is 0 Å². The number of nitrogens with zero attached hydrogens (tertiary/aromatic N) is 3. The number of hydrogen-bond donors (Lipinski definition) is 2. The minimum atomic E-state index is 0.662. The average Bonchev–Trinajstić information content (AvgIpc) is 3.20. The maximum absolute atomic E-state index is 4.28. The topological polar surface area (TPSA) is 42.9 Å². The molecule has 5 nitrogen and oxygen atoms in total. The van der Waals surface area contributed by atoms with Crippen LogP contribution in [0.5, 0.6) is 0 Å². The van der Waals surface area contributed by atoms with Gasteiger partial charge in [0.2, 0.25) is 0 Å². The fourth-order valence-electron chi connectivity index (χ4n) is 2.75. The third-order valence-corrected chi connectivity index (χ3v) is 4.04. The summed E-state index contributed by atoms with van der Waals surface area (Å²) >= 11 is 0. The molecule has 0 radical (unpaired) electrons. The van der Waals surface area contributed by atoms with E-state index in [1.807, 2.05) is 7.05 Å². The SMILES string of the molecule is CN=C(NCC1CN2CCN1CC2)NC1CC1. The van der Waals surface area contributed by atoms with Gasteiger partial charge >= 0.3 is 0 Å². The predicted octanol–water partition coefficient (Wildman–Crippen LogP) is -0.686. The van der Waals surface area contributed by atoms with Crippen molar-refractivity contribution in [1.29, 1.82) is 0 Å². The Bertz CT molecular complexity index is 291. The molecule has 0 spiro atoms. The van der Waals surface area contributed by atoms with Crippen LogP contribution in [-0.2, 0) is 0 Å².